The molecule has 1 heterocycles. The van der Waals surface area contributed by atoms with Gasteiger partial charge in [0.05, 0.1) is 11.2 Å². The first kappa shape index (κ1) is 23.8. The SMILES string of the molecule is CCCC(C)(C)OOC(C)(CCN1C(=O)C=CC1=O)OOC(C)(C)CCC. The largest absolute Gasteiger partial charge is 0.275 e. The summed E-state index contributed by atoms with van der Waals surface area (Å²) in [6.07, 6.45) is 6.20. The van der Waals surface area contributed by atoms with E-state index < -0.39 is 17.0 Å². The Hall–Kier alpha value is -1.28. The van der Waals surface area contributed by atoms with Gasteiger partial charge in [-0.15, -0.1) is 0 Å². The Morgan fingerprint density at radius 3 is 1.52 bits per heavy atom. The molecule has 27 heavy (non-hydrogen) atoms. The summed E-state index contributed by atoms with van der Waals surface area (Å²) in [4.78, 5) is 47.2. The molecule has 0 aliphatic carbocycles. The Labute approximate surface area is 162 Å². The minimum absolute atomic E-state index is 0.135. The normalized spacial score (nSPS) is 15.9. The number of nitrogens with zero attached hydrogens (tertiary/aromatic N) is 1. The minimum atomic E-state index is -1.28. The maximum absolute atomic E-state index is 11.8. The summed E-state index contributed by atoms with van der Waals surface area (Å²) in [6, 6.07) is 0. The third kappa shape index (κ3) is 8.09. The van der Waals surface area contributed by atoms with Crippen LogP contribution in [0.3, 0.4) is 0 Å². The van der Waals surface area contributed by atoms with Crippen LogP contribution in [0.15, 0.2) is 12.2 Å². The maximum Gasteiger partial charge on any atom is 0.253 e. The van der Waals surface area contributed by atoms with E-state index in [9.17, 15) is 9.59 Å². The van der Waals surface area contributed by atoms with Crippen LogP contribution in [0.2, 0.25) is 0 Å². The molecule has 0 radical (unpaired) electrons. The molecule has 0 aromatic rings. The number of carbonyl (C=O) groups excluding carboxylic acids is 2. The molecule has 0 N–H and O–H groups in total. The van der Waals surface area contributed by atoms with Crippen molar-refractivity contribution in [1.29, 1.82) is 0 Å². The fourth-order valence-corrected chi connectivity index (χ4v) is 2.75. The topological polar surface area (TPSA) is 74.3 Å². The van der Waals surface area contributed by atoms with E-state index in [0.29, 0.717) is 0 Å². The molecule has 0 spiro atoms. The fourth-order valence-electron chi connectivity index (χ4n) is 2.75. The number of imide groups is 1. The van der Waals surface area contributed by atoms with Gasteiger partial charge in [-0.2, -0.15) is 9.78 Å². The molecule has 0 aromatic heterocycles. The van der Waals surface area contributed by atoms with Crippen molar-refractivity contribution in [1.82, 2.24) is 4.90 Å². The molecule has 0 saturated carbocycles. The highest BCUT2D eigenvalue weighted by Crippen LogP contribution is 2.28. The Kier molecular flexibility index (Phi) is 8.60. The van der Waals surface area contributed by atoms with Crippen LogP contribution in [-0.4, -0.2) is 40.2 Å². The van der Waals surface area contributed by atoms with Gasteiger partial charge in [-0.1, -0.05) is 26.7 Å². The number of hydrogen-bond donors (Lipinski definition) is 0. The van der Waals surface area contributed by atoms with E-state index in [4.69, 9.17) is 19.6 Å². The van der Waals surface area contributed by atoms with Gasteiger partial charge in [0, 0.05) is 25.1 Å². The van der Waals surface area contributed by atoms with Crippen molar-refractivity contribution >= 4 is 11.8 Å². The van der Waals surface area contributed by atoms with Crippen LogP contribution in [0, 0.1) is 0 Å². The summed E-state index contributed by atoms with van der Waals surface area (Å²) in [7, 11) is 0. The van der Waals surface area contributed by atoms with Crippen molar-refractivity contribution in [2.75, 3.05) is 6.54 Å². The molecule has 0 atom stereocenters. The number of rotatable bonds is 13. The van der Waals surface area contributed by atoms with Crippen molar-refractivity contribution in [2.24, 2.45) is 0 Å². The maximum atomic E-state index is 11.8. The predicted octanol–water partition coefficient (Wildman–Crippen LogP) is 4.07. The molecule has 0 aromatic carbocycles. The van der Waals surface area contributed by atoms with Crippen molar-refractivity contribution in [3.8, 4) is 0 Å². The van der Waals surface area contributed by atoms with Crippen molar-refractivity contribution < 1.29 is 29.1 Å². The smallest absolute Gasteiger partial charge is 0.253 e. The van der Waals surface area contributed by atoms with Gasteiger partial charge in [-0.25, -0.2) is 9.78 Å². The highest BCUT2D eigenvalue weighted by atomic mass is 17.3. The van der Waals surface area contributed by atoms with Crippen LogP contribution in [-0.2, 0) is 29.1 Å². The second-order valence-electron chi connectivity index (χ2n) is 8.40. The summed E-state index contributed by atoms with van der Waals surface area (Å²) in [5.74, 6) is -1.97. The molecular formula is C20H35NO6. The Morgan fingerprint density at radius 2 is 1.15 bits per heavy atom. The average Bonchev–Trinajstić information content (AvgIpc) is 2.88. The van der Waals surface area contributed by atoms with Gasteiger partial charge >= 0.3 is 0 Å². The molecule has 1 aliphatic rings. The van der Waals surface area contributed by atoms with Crippen molar-refractivity contribution in [2.45, 2.75) is 97.6 Å². The summed E-state index contributed by atoms with van der Waals surface area (Å²) >= 11 is 0. The second kappa shape index (κ2) is 9.78. The molecule has 2 amide bonds. The molecule has 1 rings (SSSR count). The number of amides is 2. The van der Waals surface area contributed by atoms with Crippen molar-refractivity contribution in [3.63, 3.8) is 0 Å². The number of hydrogen-bond acceptors (Lipinski definition) is 6. The first-order valence-electron chi connectivity index (χ1n) is 9.71. The average molecular weight is 386 g/mol. The second-order valence-corrected chi connectivity index (χ2v) is 8.40. The quantitative estimate of drug-likeness (QED) is 0.206. The van der Waals surface area contributed by atoms with Gasteiger partial charge in [0.2, 0.25) is 5.79 Å². The van der Waals surface area contributed by atoms with E-state index in [1.807, 2.05) is 27.7 Å². The summed E-state index contributed by atoms with van der Waals surface area (Å²) in [5.41, 5.74) is -1.00. The van der Waals surface area contributed by atoms with E-state index in [1.165, 1.54) is 12.2 Å². The van der Waals surface area contributed by atoms with E-state index in [1.54, 1.807) is 6.92 Å². The third-order valence-corrected chi connectivity index (χ3v) is 4.28. The predicted molar refractivity (Wildman–Crippen MR) is 101 cm³/mol. The zero-order valence-electron chi connectivity index (χ0n) is 17.8. The lowest BCUT2D eigenvalue weighted by Crippen LogP contribution is -2.43. The monoisotopic (exact) mass is 385 g/mol. The van der Waals surface area contributed by atoms with Gasteiger partial charge in [0.1, 0.15) is 0 Å². The molecule has 0 saturated heterocycles. The Balaban J connectivity index is 2.77. The van der Waals surface area contributed by atoms with Gasteiger partial charge in [-0.3, -0.25) is 14.5 Å². The lowest BCUT2D eigenvalue weighted by molar-refractivity contribution is -0.540. The molecule has 7 nitrogen and oxygen atoms in total. The first-order chi connectivity index (χ1) is 12.4. The Morgan fingerprint density at radius 1 is 0.741 bits per heavy atom. The van der Waals surface area contributed by atoms with Crippen LogP contribution < -0.4 is 0 Å². The highest BCUT2D eigenvalue weighted by Gasteiger charge is 2.37. The molecule has 1 aliphatic heterocycles. The highest BCUT2D eigenvalue weighted by molar-refractivity contribution is 6.12. The summed E-state index contributed by atoms with van der Waals surface area (Å²) in [6.45, 7) is 13.6. The van der Waals surface area contributed by atoms with E-state index in [-0.39, 0.29) is 24.8 Å². The van der Waals surface area contributed by atoms with Crippen LogP contribution in [0.25, 0.3) is 0 Å². The molecule has 0 fully saturated rings. The van der Waals surface area contributed by atoms with Crippen LogP contribution >= 0.6 is 0 Å². The lowest BCUT2D eigenvalue weighted by atomic mass is 10.0. The van der Waals surface area contributed by atoms with Crippen molar-refractivity contribution in [3.05, 3.63) is 12.2 Å². The van der Waals surface area contributed by atoms with Crippen LogP contribution in [0.4, 0.5) is 0 Å². The molecular weight excluding hydrogens is 350 g/mol. The molecule has 0 bridgehead atoms. The van der Waals surface area contributed by atoms with Crippen LogP contribution in [0.5, 0.6) is 0 Å². The summed E-state index contributed by atoms with van der Waals surface area (Å²) in [5, 5.41) is 0. The minimum Gasteiger partial charge on any atom is -0.275 e. The lowest BCUT2D eigenvalue weighted by Gasteiger charge is -2.35. The van der Waals surface area contributed by atoms with Gasteiger partial charge in [0.25, 0.3) is 11.8 Å². The number of carbonyl (C=O) groups is 2. The van der Waals surface area contributed by atoms with Gasteiger partial charge < -0.3 is 0 Å². The van der Waals surface area contributed by atoms with Crippen LogP contribution in [0.1, 0.15) is 80.6 Å². The summed E-state index contributed by atoms with van der Waals surface area (Å²) < 4.78 is 0. The Bertz CT molecular complexity index is 501. The van der Waals surface area contributed by atoms with E-state index in [0.717, 1.165) is 30.6 Å². The molecule has 7 heteroatoms. The fraction of sp³-hybridized carbons (Fsp3) is 0.800. The standard InChI is InChI=1S/C20H35NO6/c1-8-12-18(3,4)24-26-20(7,27-25-19(5,6)13-9-2)14-15-21-16(22)10-11-17(21)23/h10-11H,8-9,12-15H2,1-7H3. The van der Waals surface area contributed by atoms with Gasteiger partial charge in [0.15, 0.2) is 0 Å². The molecule has 0 unspecified atom stereocenters. The van der Waals surface area contributed by atoms with Gasteiger partial charge in [-0.05, 0) is 47.5 Å². The third-order valence-electron chi connectivity index (χ3n) is 4.28. The first-order valence-corrected chi connectivity index (χ1v) is 9.71. The molecule has 156 valence electrons. The zero-order chi connectivity index (χ0) is 20.7. The van der Waals surface area contributed by atoms with E-state index >= 15 is 0 Å². The van der Waals surface area contributed by atoms with E-state index in [2.05, 4.69) is 13.8 Å². The zero-order valence-corrected chi connectivity index (χ0v) is 17.8.